The van der Waals surface area contributed by atoms with E-state index in [-0.39, 0.29) is 56.8 Å². The van der Waals surface area contributed by atoms with Crippen LogP contribution >= 0.6 is 11.8 Å². The van der Waals surface area contributed by atoms with E-state index in [1.807, 2.05) is 38.1 Å². The van der Waals surface area contributed by atoms with E-state index >= 15 is 0 Å². The first-order valence-corrected chi connectivity index (χ1v) is 21.3. The van der Waals surface area contributed by atoms with Gasteiger partial charge in [-0.3, -0.25) is 14.6 Å². The number of aliphatic hydroxyl groups is 2. The molecule has 0 fully saturated rings. The van der Waals surface area contributed by atoms with Gasteiger partial charge in [-0.25, -0.2) is 4.79 Å². The Morgan fingerprint density at radius 2 is 1.73 bits per heavy atom. The lowest BCUT2D eigenvalue weighted by Gasteiger charge is -2.51. The number of aromatic hydroxyl groups is 1. The molecule has 0 radical (unpaired) electrons. The first kappa shape index (κ1) is 42.7. The van der Waals surface area contributed by atoms with Gasteiger partial charge in [0.15, 0.2) is 34.5 Å². The average Bonchev–Trinajstić information content (AvgIpc) is 3.71. The largest absolute Gasteiger partial charge is 0.504 e. The van der Waals surface area contributed by atoms with E-state index < -0.39 is 30.1 Å². The number of β-amino-alcohol motifs (C(OH)–C–C–N with tert-alkyl or cyclic N) is 1. The standard InChI is InChI=1S/C43H55N3O12S/c1-22-17-26-9-8-11-46-28(20-55-43(51)35-27-19-29(52-5)30(54-16-15-48)18-25(27)10-12-45(35)13-14-47)32-33(39(58-24(3)49)23(2)40-41(32)57-21-56-40)42(59-7)36(46)34(44-4)31(26)37(50)38(22)53-6/h17-19,28,34-36,42,44,47-48,50H,8-16,20-21H2,1-7H3/t28-,34+,35?,36?,42?/m0/s1. The number of hydrogen-bond donors (Lipinski definition) is 4. The van der Waals surface area contributed by atoms with Gasteiger partial charge in [0.25, 0.3) is 0 Å². The number of esters is 2. The maximum absolute atomic E-state index is 14.7. The first-order chi connectivity index (χ1) is 28.5. The van der Waals surface area contributed by atoms with E-state index in [1.54, 1.807) is 24.9 Å². The van der Waals surface area contributed by atoms with E-state index in [4.69, 9.17) is 33.2 Å². The van der Waals surface area contributed by atoms with Crippen molar-refractivity contribution in [2.75, 3.05) is 80.4 Å². The summed E-state index contributed by atoms with van der Waals surface area (Å²) >= 11 is 1.60. The van der Waals surface area contributed by atoms with E-state index in [1.165, 1.54) is 14.0 Å². The lowest BCUT2D eigenvalue weighted by atomic mass is 9.78. The Hall–Kier alpha value is -4.45. The number of fused-ring (bicyclic) bond motifs is 6. The fraction of sp³-hybridized carbons (Fsp3) is 0.535. The summed E-state index contributed by atoms with van der Waals surface area (Å²) in [5, 5.41) is 34.7. The van der Waals surface area contributed by atoms with Crippen LogP contribution < -0.4 is 33.7 Å². The topological polar surface area (TPSA) is 178 Å². The molecule has 0 amide bonds. The number of aliphatic hydroxyl groups excluding tert-OH is 2. The minimum absolute atomic E-state index is 0.0354. The number of nitrogens with one attached hydrogen (secondary N) is 1. The highest BCUT2D eigenvalue weighted by atomic mass is 32.2. The molecule has 0 saturated heterocycles. The monoisotopic (exact) mass is 837 g/mol. The van der Waals surface area contributed by atoms with E-state index in [9.17, 15) is 24.9 Å². The summed E-state index contributed by atoms with van der Waals surface area (Å²) in [6.45, 7) is 6.05. The zero-order valence-electron chi connectivity index (χ0n) is 34.7. The van der Waals surface area contributed by atoms with Crippen molar-refractivity contribution in [2.24, 2.45) is 0 Å². The van der Waals surface area contributed by atoms with Crippen molar-refractivity contribution in [3.63, 3.8) is 0 Å². The molecule has 4 aliphatic rings. The Bertz CT molecular complexity index is 2080. The number of phenolic OH excluding ortho intramolecular Hbond substituents is 1. The number of methoxy groups -OCH3 is 2. The van der Waals surface area contributed by atoms with Crippen molar-refractivity contribution in [1.29, 1.82) is 0 Å². The van der Waals surface area contributed by atoms with Crippen molar-refractivity contribution >= 4 is 23.7 Å². The van der Waals surface area contributed by atoms with Gasteiger partial charge in [-0.2, -0.15) is 11.8 Å². The minimum Gasteiger partial charge on any atom is -0.504 e. The Balaban J connectivity index is 1.37. The van der Waals surface area contributed by atoms with Crippen LogP contribution in [0.5, 0.6) is 40.2 Å². The molecular weight excluding hydrogens is 783 g/mol. The highest BCUT2D eigenvalue weighted by Gasteiger charge is 2.51. The normalized spacial score (nSPS) is 22.2. The highest BCUT2D eigenvalue weighted by molar-refractivity contribution is 7.98. The molecule has 7 rings (SSSR count). The van der Waals surface area contributed by atoms with Crippen LogP contribution in [0.3, 0.4) is 0 Å². The van der Waals surface area contributed by atoms with Gasteiger partial charge in [0.1, 0.15) is 25.0 Å². The fourth-order valence-electron chi connectivity index (χ4n) is 9.63. The number of carbonyl (C=O) groups excluding carboxylic acids is 2. The van der Waals surface area contributed by atoms with Gasteiger partial charge in [0.05, 0.1) is 44.8 Å². The summed E-state index contributed by atoms with van der Waals surface area (Å²) in [6.07, 6.45) is 3.99. The van der Waals surface area contributed by atoms with Crippen molar-refractivity contribution in [3.8, 4) is 40.2 Å². The molecule has 0 spiro atoms. The molecule has 4 aliphatic heterocycles. The third-order valence-electron chi connectivity index (χ3n) is 12.0. The Morgan fingerprint density at radius 3 is 2.41 bits per heavy atom. The third kappa shape index (κ3) is 7.63. The Labute approximate surface area is 348 Å². The molecule has 0 bridgehead atoms. The van der Waals surface area contributed by atoms with Crippen LogP contribution in [0.4, 0.5) is 0 Å². The molecule has 3 aromatic carbocycles. The van der Waals surface area contributed by atoms with Crippen LogP contribution in [0, 0.1) is 13.8 Å². The number of aryl methyl sites for hydroxylation is 2. The van der Waals surface area contributed by atoms with Gasteiger partial charge in [-0.05, 0) is 87.3 Å². The van der Waals surface area contributed by atoms with Crippen LogP contribution in [0.15, 0.2) is 18.2 Å². The lowest BCUT2D eigenvalue weighted by molar-refractivity contribution is -0.153. The van der Waals surface area contributed by atoms with Gasteiger partial charge in [0, 0.05) is 48.3 Å². The summed E-state index contributed by atoms with van der Waals surface area (Å²) in [7, 11) is 4.93. The Morgan fingerprint density at radius 1 is 0.949 bits per heavy atom. The molecule has 320 valence electrons. The van der Waals surface area contributed by atoms with Crippen LogP contribution in [0.2, 0.25) is 0 Å². The predicted octanol–water partition coefficient (Wildman–Crippen LogP) is 4.22. The molecular formula is C43H55N3O12S. The Kier molecular flexibility index (Phi) is 13.0. The molecule has 4 heterocycles. The maximum Gasteiger partial charge on any atom is 0.328 e. The number of thioether (sulfide) groups is 1. The molecule has 4 N–H and O–H groups in total. The zero-order chi connectivity index (χ0) is 42.1. The SMILES string of the molecule is CN[C@@H]1c2c(cc(C)c(OC)c2O)CCCN2C1C(SC)c1c(OC(C)=O)c(C)c3c(c1[C@@H]2COC(=O)C1c2cc(OC)c(OCCO)cc2CCN1CCO)OCO3. The second kappa shape index (κ2) is 18.0. The summed E-state index contributed by atoms with van der Waals surface area (Å²) in [5.41, 5.74) is 6.20. The molecule has 15 nitrogen and oxygen atoms in total. The molecule has 3 aromatic rings. The first-order valence-electron chi connectivity index (χ1n) is 20.0. The van der Waals surface area contributed by atoms with Crippen molar-refractivity contribution in [2.45, 2.75) is 69.5 Å². The smallest absolute Gasteiger partial charge is 0.328 e. The number of hydrogen-bond acceptors (Lipinski definition) is 16. The number of benzene rings is 3. The second-order valence-corrected chi connectivity index (χ2v) is 16.2. The summed E-state index contributed by atoms with van der Waals surface area (Å²) in [4.78, 5) is 31.8. The number of nitrogens with zero attached hydrogens (tertiary/aromatic N) is 2. The molecule has 5 atom stereocenters. The van der Waals surface area contributed by atoms with Crippen molar-refractivity contribution in [1.82, 2.24) is 15.1 Å². The molecule has 59 heavy (non-hydrogen) atoms. The lowest BCUT2D eigenvalue weighted by Crippen LogP contribution is -2.54. The quantitative estimate of drug-likeness (QED) is 0.142. The van der Waals surface area contributed by atoms with Crippen molar-refractivity contribution in [3.05, 3.63) is 62.7 Å². The van der Waals surface area contributed by atoms with Gasteiger partial charge >= 0.3 is 11.9 Å². The number of likely N-dealkylation sites (N-methyl/N-ethyl adjacent to an activating group) is 1. The van der Waals surface area contributed by atoms with Gasteiger partial charge < -0.3 is 53.8 Å². The van der Waals surface area contributed by atoms with E-state index in [2.05, 4.69) is 16.3 Å². The van der Waals surface area contributed by atoms with Gasteiger partial charge in [0.2, 0.25) is 6.79 Å². The second-order valence-electron chi connectivity index (χ2n) is 15.2. The number of ether oxygens (including phenoxy) is 7. The summed E-state index contributed by atoms with van der Waals surface area (Å²) in [5.74, 6) is 1.68. The molecule has 0 aliphatic carbocycles. The predicted molar refractivity (Wildman–Crippen MR) is 219 cm³/mol. The van der Waals surface area contributed by atoms with Crippen molar-refractivity contribution < 1.29 is 58.1 Å². The summed E-state index contributed by atoms with van der Waals surface area (Å²) in [6, 6.07) is 3.38. The maximum atomic E-state index is 14.7. The van der Waals surface area contributed by atoms with Crippen LogP contribution in [-0.2, 0) is 27.2 Å². The van der Waals surface area contributed by atoms with Gasteiger partial charge in [-0.1, -0.05) is 6.07 Å². The summed E-state index contributed by atoms with van der Waals surface area (Å²) < 4.78 is 42.0. The van der Waals surface area contributed by atoms with Crippen LogP contribution in [-0.4, -0.2) is 123 Å². The highest BCUT2D eigenvalue weighted by Crippen LogP contribution is 2.60. The fourth-order valence-corrected chi connectivity index (χ4v) is 10.7. The van der Waals surface area contributed by atoms with E-state index in [0.717, 1.165) is 34.2 Å². The molecule has 0 saturated carbocycles. The molecule has 0 aromatic heterocycles. The molecule has 16 heteroatoms. The number of rotatable bonds is 13. The third-order valence-corrected chi connectivity index (χ3v) is 13.0. The number of phenols is 1. The minimum atomic E-state index is -0.874. The van der Waals surface area contributed by atoms with Crippen LogP contribution in [0.1, 0.15) is 81.2 Å². The number of carbonyl (C=O) groups is 2. The van der Waals surface area contributed by atoms with Crippen LogP contribution in [0.25, 0.3) is 0 Å². The van der Waals surface area contributed by atoms with E-state index in [0.29, 0.717) is 77.1 Å². The molecule has 3 unspecified atom stereocenters. The van der Waals surface area contributed by atoms with Gasteiger partial charge in [-0.15, -0.1) is 0 Å². The zero-order valence-corrected chi connectivity index (χ0v) is 35.5. The average molecular weight is 838 g/mol.